The summed E-state index contributed by atoms with van der Waals surface area (Å²) in [4.78, 5) is 0. The molecule has 0 bridgehead atoms. The highest BCUT2D eigenvalue weighted by atomic mass is 14.9. The summed E-state index contributed by atoms with van der Waals surface area (Å²) in [6, 6.07) is 53.4. The Morgan fingerprint density at radius 2 is 0.659 bits per heavy atom. The third kappa shape index (κ3) is 2.56. The van der Waals surface area contributed by atoms with E-state index in [1.54, 1.807) is 0 Å². The fourth-order valence-corrected chi connectivity index (χ4v) is 8.38. The van der Waals surface area contributed by atoms with E-state index in [4.69, 9.17) is 0 Å². The molecule has 2 heteroatoms. The fraction of sp³-hybridized carbons (Fsp3) is 0. The van der Waals surface area contributed by atoms with Crippen molar-refractivity contribution in [3.8, 4) is 22.3 Å². The first-order chi connectivity index (χ1) is 21.9. The number of fused-ring (bicyclic) bond motifs is 14. The van der Waals surface area contributed by atoms with Gasteiger partial charge in [-0.15, -0.1) is 0 Å². The maximum atomic E-state index is 2.55. The van der Waals surface area contributed by atoms with E-state index < -0.39 is 0 Å². The van der Waals surface area contributed by atoms with Crippen molar-refractivity contribution >= 4 is 76.2 Å². The summed E-state index contributed by atoms with van der Waals surface area (Å²) >= 11 is 0. The van der Waals surface area contributed by atoms with E-state index in [0.717, 1.165) is 0 Å². The number of para-hydroxylation sites is 2. The summed E-state index contributed by atoms with van der Waals surface area (Å²) in [5, 5.41) is 10.7. The lowest BCUT2D eigenvalue weighted by molar-refractivity contribution is 1.37. The molecule has 0 aliphatic carbocycles. The van der Waals surface area contributed by atoms with Crippen LogP contribution in [0.25, 0.3) is 98.4 Å². The highest BCUT2D eigenvalue weighted by molar-refractivity contribution is 6.46. The Hall–Kier alpha value is -5.86. The van der Waals surface area contributed by atoms with Crippen LogP contribution in [-0.4, -0.2) is 8.80 Å². The number of benzene rings is 7. The van der Waals surface area contributed by atoms with Gasteiger partial charge in [0.25, 0.3) is 0 Å². The van der Waals surface area contributed by atoms with Crippen LogP contribution < -0.4 is 0 Å². The van der Waals surface area contributed by atoms with Gasteiger partial charge in [-0.1, -0.05) is 121 Å². The van der Waals surface area contributed by atoms with E-state index in [1.807, 2.05) is 0 Å². The smallest absolute Gasteiger partial charge is 0.0634 e. The summed E-state index contributed by atoms with van der Waals surface area (Å²) in [5.41, 5.74) is 12.8. The molecule has 0 spiro atoms. The van der Waals surface area contributed by atoms with Crippen LogP contribution in [0.4, 0.5) is 0 Å². The molecule has 0 aliphatic rings. The maximum absolute atomic E-state index is 2.55. The molecule has 0 unspecified atom stereocenters. The van der Waals surface area contributed by atoms with Gasteiger partial charge in [0.15, 0.2) is 0 Å². The van der Waals surface area contributed by atoms with Crippen LogP contribution in [-0.2, 0) is 0 Å². The molecule has 0 saturated heterocycles. The monoisotopic (exact) mass is 556 g/mol. The first-order valence-corrected chi connectivity index (χ1v) is 15.3. The molecule has 4 heterocycles. The molecule has 4 aromatic heterocycles. The molecule has 2 nitrogen and oxygen atoms in total. The molecule has 0 N–H and O–H groups in total. The standard InChI is InChI=1S/C42H24N2/c1-3-13-25(14-4-1)27-19-11-23-33-35(27)39-37-29-17-7-10-22-32(29)44-34-24-12-20-28(26-15-5-2-6-16-26)36(34)40(42(37)44)38-30-18-8-9-21-31(30)43(33)41(38)39/h1-24H. The quantitative estimate of drug-likeness (QED) is 0.200. The van der Waals surface area contributed by atoms with Gasteiger partial charge in [0, 0.05) is 43.1 Å². The van der Waals surface area contributed by atoms with Crippen molar-refractivity contribution in [1.82, 2.24) is 8.80 Å². The zero-order valence-corrected chi connectivity index (χ0v) is 23.8. The Balaban J connectivity index is 1.54. The topological polar surface area (TPSA) is 8.82 Å². The first-order valence-electron chi connectivity index (χ1n) is 15.3. The van der Waals surface area contributed by atoms with Crippen LogP contribution in [0.3, 0.4) is 0 Å². The number of rotatable bonds is 2. The summed E-state index contributed by atoms with van der Waals surface area (Å²) in [5.74, 6) is 0. The predicted octanol–water partition coefficient (Wildman–Crippen LogP) is 11.3. The van der Waals surface area contributed by atoms with Crippen LogP contribution in [0.5, 0.6) is 0 Å². The fourth-order valence-electron chi connectivity index (χ4n) is 8.38. The van der Waals surface area contributed by atoms with Gasteiger partial charge in [-0.05, 0) is 46.5 Å². The van der Waals surface area contributed by atoms with E-state index in [9.17, 15) is 0 Å². The van der Waals surface area contributed by atoms with E-state index in [-0.39, 0.29) is 0 Å². The minimum atomic E-state index is 1.25. The Morgan fingerprint density at radius 3 is 1.11 bits per heavy atom. The molecule has 44 heavy (non-hydrogen) atoms. The molecule has 0 aliphatic heterocycles. The SMILES string of the molecule is c1ccc(-c2cccc3c2c2c4c5ccccc5n5c6cccc(-c7ccccc7)c6c(c6c7ccccc7n3c62)c45)cc1. The number of aromatic nitrogens is 2. The second-order valence-electron chi connectivity index (χ2n) is 12.0. The van der Waals surface area contributed by atoms with Crippen molar-refractivity contribution in [3.63, 3.8) is 0 Å². The second kappa shape index (κ2) is 7.94. The zero-order valence-electron chi connectivity index (χ0n) is 23.8. The molecule has 202 valence electrons. The van der Waals surface area contributed by atoms with Crippen molar-refractivity contribution in [2.75, 3.05) is 0 Å². The molecular formula is C42H24N2. The molecule has 11 aromatic rings. The third-order valence-corrected chi connectivity index (χ3v) is 9.96. The molecule has 7 aromatic carbocycles. The normalized spacial score (nSPS) is 12.5. The number of nitrogens with zero attached hydrogens (tertiary/aromatic N) is 2. The second-order valence-corrected chi connectivity index (χ2v) is 12.0. The van der Waals surface area contributed by atoms with Crippen molar-refractivity contribution in [1.29, 1.82) is 0 Å². The number of hydrogen-bond acceptors (Lipinski definition) is 0. The Labute approximate surface area is 252 Å². The van der Waals surface area contributed by atoms with Gasteiger partial charge in [-0.3, -0.25) is 0 Å². The summed E-state index contributed by atoms with van der Waals surface area (Å²) in [7, 11) is 0. The van der Waals surface area contributed by atoms with Gasteiger partial charge >= 0.3 is 0 Å². The lowest BCUT2D eigenvalue weighted by Crippen LogP contribution is -1.83. The average Bonchev–Trinajstić information content (AvgIpc) is 3.82. The van der Waals surface area contributed by atoms with Crippen molar-refractivity contribution in [2.24, 2.45) is 0 Å². The maximum Gasteiger partial charge on any atom is 0.0634 e. The largest absolute Gasteiger partial charge is 0.308 e. The Morgan fingerprint density at radius 1 is 0.273 bits per heavy atom. The minimum Gasteiger partial charge on any atom is -0.308 e. The van der Waals surface area contributed by atoms with Crippen LogP contribution in [0.2, 0.25) is 0 Å². The van der Waals surface area contributed by atoms with Gasteiger partial charge in [0.1, 0.15) is 0 Å². The van der Waals surface area contributed by atoms with Crippen LogP contribution in [0.1, 0.15) is 0 Å². The van der Waals surface area contributed by atoms with Gasteiger partial charge in [-0.25, -0.2) is 0 Å². The van der Waals surface area contributed by atoms with Crippen LogP contribution in [0, 0.1) is 0 Å². The lowest BCUT2D eigenvalue weighted by Gasteiger charge is -2.08. The highest BCUT2D eigenvalue weighted by Crippen LogP contribution is 2.54. The van der Waals surface area contributed by atoms with Crippen LogP contribution >= 0.6 is 0 Å². The van der Waals surface area contributed by atoms with E-state index >= 15 is 0 Å². The number of hydrogen-bond donors (Lipinski definition) is 0. The third-order valence-electron chi connectivity index (χ3n) is 9.96. The molecule has 0 saturated carbocycles. The van der Waals surface area contributed by atoms with Crippen molar-refractivity contribution < 1.29 is 0 Å². The Kier molecular flexibility index (Phi) is 4.10. The zero-order chi connectivity index (χ0) is 28.5. The highest BCUT2D eigenvalue weighted by Gasteiger charge is 2.30. The minimum absolute atomic E-state index is 1.25. The van der Waals surface area contributed by atoms with E-state index in [2.05, 4.69) is 154 Å². The summed E-state index contributed by atoms with van der Waals surface area (Å²) in [6.45, 7) is 0. The van der Waals surface area contributed by atoms with Gasteiger partial charge in [0.2, 0.25) is 0 Å². The van der Waals surface area contributed by atoms with E-state index in [1.165, 1.54) is 98.4 Å². The first kappa shape index (κ1) is 22.7. The molecule has 0 amide bonds. The van der Waals surface area contributed by atoms with Gasteiger partial charge in [-0.2, -0.15) is 0 Å². The average molecular weight is 557 g/mol. The van der Waals surface area contributed by atoms with Gasteiger partial charge < -0.3 is 8.80 Å². The molecule has 0 radical (unpaired) electrons. The molecule has 11 rings (SSSR count). The predicted molar refractivity (Wildman–Crippen MR) is 187 cm³/mol. The van der Waals surface area contributed by atoms with Crippen molar-refractivity contribution in [2.45, 2.75) is 0 Å². The summed E-state index contributed by atoms with van der Waals surface area (Å²) in [6.07, 6.45) is 0. The molecule has 0 atom stereocenters. The summed E-state index contributed by atoms with van der Waals surface area (Å²) < 4.78 is 5.10. The lowest BCUT2D eigenvalue weighted by atomic mass is 9.92. The molecule has 0 fully saturated rings. The van der Waals surface area contributed by atoms with Crippen molar-refractivity contribution in [3.05, 3.63) is 146 Å². The van der Waals surface area contributed by atoms with E-state index in [0.29, 0.717) is 0 Å². The molecular weight excluding hydrogens is 532 g/mol. The van der Waals surface area contributed by atoms with Crippen LogP contribution in [0.15, 0.2) is 146 Å². The Bertz CT molecular complexity index is 2700. The van der Waals surface area contributed by atoms with Gasteiger partial charge in [0.05, 0.1) is 33.1 Å².